The first kappa shape index (κ1) is 21.8. The van der Waals surface area contributed by atoms with Crippen LogP contribution >= 0.6 is 12.4 Å². The van der Waals surface area contributed by atoms with E-state index in [1.54, 1.807) is 6.92 Å². The molecule has 0 saturated carbocycles. The summed E-state index contributed by atoms with van der Waals surface area (Å²) in [6, 6.07) is -1.06. The van der Waals surface area contributed by atoms with Crippen LogP contribution < -0.4 is 17.0 Å². The number of aryl methyl sites for hydroxylation is 1. The van der Waals surface area contributed by atoms with Crippen molar-refractivity contribution in [3.8, 4) is 0 Å². The minimum absolute atomic E-state index is 0. The Kier molecular flexibility index (Phi) is 7.96. The van der Waals surface area contributed by atoms with Crippen LogP contribution in [0.3, 0.4) is 0 Å². The number of nitrogens with two attached hydrogens (primary N) is 1. The highest BCUT2D eigenvalue weighted by atomic mass is 35.5. The maximum absolute atomic E-state index is 11.8. The summed E-state index contributed by atoms with van der Waals surface area (Å²) >= 11 is 0. The quantitative estimate of drug-likeness (QED) is 0.486. The molecule has 2 heterocycles. The monoisotopic (exact) mass is 393 g/mol. The number of nitrogens with zero attached hydrogens (tertiary/aromatic N) is 1. The van der Waals surface area contributed by atoms with E-state index in [9.17, 15) is 19.2 Å². The van der Waals surface area contributed by atoms with E-state index in [0.29, 0.717) is 5.56 Å². The fourth-order valence-electron chi connectivity index (χ4n) is 2.13. The van der Waals surface area contributed by atoms with Crippen LogP contribution in [-0.4, -0.2) is 52.1 Å². The van der Waals surface area contributed by atoms with Gasteiger partial charge in [0, 0.05) is 18.2 Å². The second kappa shape index (κ2) is 9.48. The maximum atomic E-state index is 11.8. The largest absolute Gasteiger partial charge is 0.481 e. The van der Waals surface area contributed by atoms with Crippen molar-refractivity contribution in [2.24, 2.45) is 5.73 Å². The van der Waals surface area contributed by atoms with Crippen molar-refractivity contribution in [2.45, 2.75) is 38.3 Å². The summed E-state index contributed by atoms with van der Waals surface area (Å²) in [5.41, 5.74) is 4.73. The molecule has 146 valence electrons. The zero-order chi connectivity index (χ0) is 18.6. The summed E-state index contributed by atoms with van der Waals surface area (Å²) in [6.45, 7) is 1.31. The highest BCUT2D eigenvalue weighted by Crippen LogP contribution is 2.19. The maximum Gasteiger partial charge on any atom is 0.330 e. The van der Waals surface area contributed by atoms with Crippen molar-refractivity contribution in [3.05, 3.63) is 32.6 Å². The summed E-state index contributed by atoms with van der Waals surface area (Å²) in [5.74, 6) is -1.83. The molecule has 1 aliphatic rings. The number of aromatic amines is 1. The Hall–Kier alpha value is -2.21. The Bertz CT molecular complexity index is 761. The van der Waals surface area contributed by atoms with Gasteiger partial charge in [0.05, 0.1) is 6.61 Å². The molecule has 0 unspecified atom stereocenters. The predicted molar refractivity (Wildman–Crippen MR) is 89.0 cm³/mol. The van der Waals surface area contributed by atoms with Gasteiger partial charge >= 0.3 is 17.6 Å². The second-order valence-electron chi connectivity index (χ2n) is 5.50. The lowest BCUT2D eigenvalue weighted by Gasteiger charge is -2.15. The fraction of sp³-hybridized carbons (Fsp3) is 0.571. The van der Waals surface area contributed by atoms with Gasteiger partial charge in [-0.3, -0.25) is 23.9 Å². The summed E-state index contributed by atoms with van der Waals surface area (Å²) in [5, 5.41) is 8.55. The molecule has 1 fully saturated rings. The Balaban J connectivity index is 0.00000338. The van der Waals surface area contributed by atoms with Gasteiger partial charge in [-0.15, -0.1) is 12.4 Å². The second-order valence-corrected chi connectivity index (χ2v) is 5.50. The van der Waals surface area contributed by atoms with E-state index in [1.807, 2.05) is 0 Å². The lowest BCUT2D eigenvalue weighted by Crippen LogP contribution is -2.35. The first-order valence-corrected chi connectivity index (χ1v) is 7.51. The van der Waals surface area contributed by atoms with Crippen molar-refractivity contribution in [1.29, 1.82) is 0 Å². The normalized spacial score (nSPS) is 20.2. The minimum atomic E-state index is -1.06. The van der Waals surface area contributed by atoms with Gasteiger partial charge in [0.2, 0.25) is 0 Å². The molecule has 0 aromatic carbocycles. The number of aliphatic carboxylic acids is 1. The molecule has 4 N–H and O–H groups in total. The van der Waals surface area contributed by atoms with Crippen LogP contribution in [0.5, 0.6) is 0 Å². The number of esters is 1. The molecule has 0 spiro atoms. The number of H-pyrrole nitrogens is 1. The van der Waals surface area contributed by atoms with Gasteiger partial charge in [-0.25, -0.2) is 4.79 Å². The molecule has 0 aliphatic carbocycles. The fourth-order valence-corrected chi connectivity index (χ4v) is 2.13. The number of carbonyl (C=O) groups excluding carboxylic acids is 1. The Morgan fingerprint density at radius 2 is 2.19 bits per heavy atom. The lowest BCUT2D eigenvalue weighted by molar-refractivity contribution is -0.160. The van der Waals surface area contributed by atoms with E-state index in [2.05, 4.69) is 4.98 Å². The molecular weight excluding hydrogens is 374 g/mol. The van der Waals surface area contributed by atoms with E-state index in [0.717, 1.165) is 0 Å². The zero-order valence-electron chi connectivity index (χ0n) is 13.9. The van der Waals surface area contributed by atoms with E-state index in [4.69, 9.17) is 25.1 Å². The molecule has 3 atom stereocenters. The molecule has 1 saturated heterocycles. The number of halogens is 1. The summed E-state index contributed by atoms with van der Waals surface area (Å²) in [7, 11) is 0. The predicted octanol–water partition coefficient (Wildman–Crippen LogP) is -1.13. The Morgan fingerprint density at radius 1 is 1.50 bits per heavy atom. The summed E-state index contributed by atoms with van der Waals surface area (Å²) < 4.78 is 16.8. The van der Waals surface area contributed by atoms with Crippen LogP contribution in [0.4, 0.5) is 0 Å². The van der Waals surface area contributed by atoms with Crippen LogP contribution in [0.15, 0.2) is 15.8 Å². The first-order valence-electron chi connectivity index (χ1n) is 7.51. The minimum Gasteiger partial charge on any atom is -0.481 e. The molecule has 0 amide bonds. The van der Waals surface area contributed by atoms with Gasteiger partial charge in [0.1, 0.15) is 12.6 Å². The van der Waals surface area contributed by atoms with Gasteiger partial charge in [-0.2, -0.15) is 0 Å². The zero-order valence-corrected chi connectivity index (χ0v) is 14.7. The SMILES string of the molecule is Cc1cn([C@H]2CO[C@@H](COC(=O)[C@@H](N)CCC(=O)O)O2)c(=O)[nH]c1=O.Cl. The van der Waals surface area contributed by atoms with E-state index >= 15 is 0 Å². The average molecular weight is 394 g/mol. The molecule has 0 radical (unpaired) electrons. The summed E-state index contributed by atoms with van der Waals surface area (Å²) in [6.07, 6.45) is -0.615. The Morgan fingerprint density at radius 3 is 2.85 bits per heavy atom. The van der Waals surface area contributed by atoms with Gasteiger partial charge in [0.15, 0.2) is 12.5 Å². The number of nitrogens with one attached hydrogen (secondary N) is 1. The van der Waals surface area contributed by atoms with Crippen molar-refractivity contribution < 1.29 is 28.9 Å². The van der Waals surface area contributed by atoms with Crippen molar-refractivity contribution in [2.75, 3.05) is 13.2 Å². The number of aromatic nitrogens is 2. The van der Waals surface area contributed by atoms with Crippen LogP contribution in [0.1, 0.15) is 24.6 Å². The molecule has 2 rings (SSSR count). The molecule has 1 aromatic heterocycles. The third-order valence-electron chi connectivity index (χ3n) is 3.52. The standard InChI is InChI=1S/C14H19N3O8.ClH/c1-7-4-17(14(22)16-12(7)20)9-5-23-11(25-9)6-24-13(21)8(15)2-3-10(18)19;/h4,8-9,11H,2-3,5-6,15H2,1H3,(H,18,19)(H,16,20,22);1H/t8-,9+,11+;/m0./s1. The molecular formula is C14H20ClN3O8. The number of carboxylic acid groups (broad SMARTS) is 1. The van der Waals surface area contributed by atoms with Crippen molar-refractivity contribution in [3.63, 3.8) is 0 Å². The molecule has 0 bridgehead atoms. The number of hydrogen-bond acceptors (Lipinski definition) is 8. The van der Waals surface area contributed by atoms with Crippen molar-refractivity contribution in [1.82, 2.24) is 9.55 Å². The molecule has 11 nitrogen and oxygen atoms in total. The first-order chi connectivity index (χ1) is 11.8. The van der Waals surface area contributed by atoms with E-state index < -0.39 is 41.7 Å². The number of rotatable bonds is 7. The van der Waals surface area contributed by atoms with Crippen LogP contribution in [0.2, 0.25) is 0 Å². The third kappa shape index (κ3) is 5.66. The average Bonchev–Trinajstić information content (AvgIpc) is 3.02. The van der Waals surface area contributed by atoms with Gasteiger partial charge in [-0.05, 0) is 13.3 Å². The molecule has 1 aliphatic heterocycles. The molecule has 12 heteroatoms. The number of ether oxygens (including phenoxy) is 3. The van der Waals surface area contributed by atoms with Crippen LogP contribution in [-0.2, 0) is 23.8 Å². The van der Waals surface area contributed by atoms with Crippen LogP contribution in [0, 0.1) is 6.92 Å². The number of hydrogen-bond donors (Lipinski definition) is 3. The topological polar surface area (TPSA) is 163 Å². The number of carbonyl (C=O) groups is 2. The van der Waals surface area contributed by atoms with Crippen molar-refractivity contribution >= 4 is 24.3 Å². The van der Waals surface area contributed by atoms with Gasteiger partial charge in [0.25, 0.3) is 5.56 Å². The summed E-state index contributed by atoms with van der Waals surface area (Å²) in [4.78, 5) is 47.4. The Labute approximate surface area is 153 Å². The van der Waals surface area contributed by atoms with E-state index in [1.165, 1.54) is 10.8 Å². The molecule has 26 heavy (non-hydrogen) atoms. The third-order valence-corrected chi connectivity index (χ3v) is 3.52. The highest BCUT2D eigenvalue weighted by molar-refractivity contribution is 5.85. The smallest absolute Gasteiger partial charge is 0.330 e. The highest BCUT2D eigenvalue weighted by Gasteiger charge is 2.30. The van der Waals surface area contributed by atoms with Gasteiger partial charge in [-0.1, -0.05) is 0 Å². The molecule has 1 aromatic rings. The van der Waals surface area contributed by atoms with Gasteiger partial charge < -0.3 is 25.1 Å². The number of carboxylic acids is 1. The van der Waals surface area contributed by atoms with E-state index in [-0.39, 0.29) is 38.5 Å². The van der Waals surface area contributed by atoms with Crippen LogP contribution in [0.25, 0.3) is 0 Å². The lowest BCUT2D eigenvalue weighted by atomic mass is 10.2.